The number of anilines is 1. The summed E-state index contributed by atoms with van der Waals surface area (Å²) in [4.78, 5) is 26.9. The first-order chi connectivity index (χ1) is 21.8. The van der Waals surface area contributed by atoms with Crippen molar-refractivity contribution < 1.29 is 24.2 Å². The zero-order valence-corrected chi connectivity index (χ0v) is 25.6. The molecule has 0 radical (unpaired) electrons. The number of benzene rings is 3. The summed E-state index contributed by atoms with van der Waals surface area (Å²) in [5, 5.41) is 17.5. The predicted molar refractivity (Wildman–Crippen MR) is 170 cm³/mol. The van der Waals surface area contributed by atoms with Gasteiger partial charge in [0, 0.05) is 55.0 Å². The minimum absolute atomic E-state index is 0.0354. The molecule has 8 nitrogen and oxygen atoms in total. The number of aliphatic hydroxyl groups is 1. The van der Waals surface area contributed by atoms with E-state index in [1.54, 1.807) is 0 Å². The minimum Gasteiger partial charge on any atom is -0.479 e. The van der Waals surface area contributed by atoms with Crippen LogP contribution in [0.25, 0.3) is 10.9 Å². The van der Waals surface area contributed by atoms with Crippen molar-refractivity contribution in [3.8, 4) is 11.5 Å². The molecule has 9 rings (SSSR count). The van der Waals surface area contributed by atoms with E-state index in [4.69, 9.17) is 9.47 Å². The highest BCUT2D eigenvalue weighted by atomic mass is 16.6. The number of fused-ring (bicyclic) bond motifs is 4. The molecule has 230 valence electrons. The maximum atomic E-state index is 13.4. The molecule has 45 heavy (non-hydrogen) atoms. The number of piperidine rings is 1. The zero-order valence-electron chi connectivity index (χ0n) is 25.6. The standard InChI is InChI=1S/C37H37N3O5/c1-21(41)38-28-9-5-3-7-25(28)20-40-29-10-6-4-8-26(29)27-18-37(43)31-17-24-13-14-30(44-22(2)42)34-32(24)36(37,35(45-34)33(27)40)15-16-39(31)19-23-11-12-23/h3-10,13-14,23,31,35,43H,11-12,15-20H2,1-2H3,(H,38,41)/t31-,35-,36-,37+/m0/s1. The van der Waals surface area contributed by atoms with Crippen LogP contribution in [-0.2, 0) is 34.4 Å². The molecular weight excluding hydrogens is 566 g/mol. The van der Waals surface area contributed by atoms with Crippen LogP contribution in [0.4, 0.5) is 5.69 Å². The fraction of sp³-hybridized carbons (Fsp3) is 0.405. The Labute approximate surface area is 261 Å². The highest BCUT2D eigenvalue weighted by Gasteiger charge is 2.73. The third-order valence-corrected chi connectivity index (χ3v) is 11.2. The molecule has 3 aliphatic carbocycles. The molecule has 2 fully saturated rings. The highest BCUT2D eigenvalue weighted by molar-refractivity contribution is 5.90. The number of hydrogen-bond acceptors (Lipinski definition) is 6. The molecule has 8 heteroatoms. The van der Waals surface area contributed by atoms with Crippen molar-refractivity contribution in [2.24, 2.45) is 5.92 Å². The largest absolute Gasteiger partial charge is 0.479 e. The van der Waals surface area contributed by atoms with Crippen molar-refractivity contribution >= 4 is 28.5 Å². The van der Waals surface area contributed by atoms with E-state index in [0.29, 0.717) is 30.4 Å². The second-order valence-corrected chi connectivity index (χ2v) is 13.8. The van der Waals surface area contributed by atoms with Crippen LogP contribution in [0.15, 0.2) is 60.7 Å². The second-order valence-electron chi connectivity index (χ2n) is 13.8. The molecule has 1 saturated heterocycles. The van der Waals surface area contributed by atoms with E-state index in [0.717, 1.165) is 64.9 Å². The van der Waals surface area contributed by atoms with Gasteiger partial charge in [-0.05, 0) is 73.0 Å². The number of para-hydroxylation sites is 2. The molecule has 1 amide bonds. The van der Waals surface area contributed by atoms with Crippen LogP contribution >= 0.6 is 0 Å². The molecule has 5 aliphatic rings. The fourth-order valence-corrected chi connectivity index (χ4v) is 9.34. The van der Waals surface area contributed by atoms with Gasteiger partial charge in [0.2, 0.25) is 5.91 Å². The fourth-order valence-electron chi connectivity index (χ4n) is 9.34. The van der Waals surface area contributed by atoms with E-state index in [-0.39, 0.29) is 11.9 Å². The summed E-state index contributed by atoms with van der Waals surface area (Å²) in [6.45, 7) is 5.38. The molecule has 2 bridgehead atoms. The molecule has 1 saturated carbocycles. The molecule has 0 unspecified atom stereocenters. The Balaban J connectivity index is 1.28. The summed E-state index contributed by atoms with van der Waals surface area (Å²) in [6.07, 6.45) is 4.08. The molecule has 3 heterocycles. The van der Waals surface area contributed by atoms with Crippen LogP contribution < -0.4 is 14.8 Å². The van der Waals surface area contributed by atoms with Gasteiger partial charge in [0.15, 0.2) is 17.6 Å². The lowest BCUT2D eigenvalue weighted by Gasteiger charge is -2.63. The molecule has 3 aromatic carbocycles. The van der Waals surface area contributed by atoms with Crippen LogP contribution in [0.2, 0.25) is 0 Å². The van der Waals surface area contributed by atoms with Crippen LogP contribution in [-0.4, -0.2) is 51.2 Å². The Morgan fingerprint density at radius 1 is 1.07 bits per heavy atom. The number of carbonyl (C=O) groups excluding carboxylic acids is 2. The summed E-state index contributed by atoms with van der Waals surface area (Å²) < 4.78 is 15.2. The first-order valence-corrected chi connectivity index (χ1v) is 16.2. The number of hydrogen-bond donors (Lipinski definition) is 2. The topological polar surface area (TPSA) is 93.0 Å². The molecule has 1 spiro atoms. The summed E-state index contributed by atoms with van der Waals surface area (Å²) in [7, 11) is 0. The van der Waals surface area contributed by atoms with Crippen molar-refractivity contribution in [3.05, 3.63) is 88.6 Å². The van der Waals surface area contributed by atoms with Crippen molar-refractivity contribution in [1.29, 1.82) is 0 Å². The second kappa shape index (κ2) is 9.44. The van der Waals surface area contributed by atoms with Gasteiger partial charge in [-0.1, -0.05) is 42.5 Å². The number of esters is 1. The van der Waals surface area contributed by atoms with Gasteiger partial charge in [-0.3, -0.25) is 14.5 Å². The number of aromatic nitrogens is 1. The van der Waals surface area contributed by atoms with E-state index in [1.165, 1.54) is 32.3 Å². The van der Waals surface area contributed by atoms with Crippen LogP contribution in [0.1, 0.15) is 67.2 Å². The SMILES string of the molecule is CC(=O)Nc1ccccc1Cn1c2c(c3ccccc31)C[C@@]1(O)[C@@H]3Cc4ccc(OC(C)=O)c5c4[C@@]1(CCN3CC1CC1)[C@H]2O5. The molecule has 4 aromatic rings. The maximum absolute atomic E-state index is 13.4. The number of carbonyl (C=O) groups is 2. The summed E-state index contributed by atoms with van der Waals surface area (Å²) in [6, 6.07) is 20.3. The van der Waals surface area contributed by atoms with Gasteiger partial charge >= 0.3 is 5.97 Å². The van der Waals surface area contributed by atoms with E-state index in [2.05, 4.69) is 51.2 Å². The smallest absolute Gasteiger partial charge is 0.308 e. The van der Waals surface area contributed by atoms with Gasteiger partial charge in [0.25, 0.3) is 0 Å². The summed E-state index contributed by atoms with van der Waals surface area (Å²) >= 11 is 0. The lowest BCUT2D eigenvalue weighted by Crippen LogP contribution is -2.74. The van der Waals surface area contributed by atoms with Crippen molar-refractivity contribution in [1.82, 2.24) is 9.47 Å². The Kier molecular flexibility index (Phi) is 5.70. The van der Waals surface area contributed by atoms with Gasteiger partial charge in [0.1, 0.15) is 0 Å². The number of nitrogens with one attached hydrogen (secondary N) is 1. The lowest BCUT2D eigenvalue weighted by molar-refractivity contribution is -0.173. The van der Waals surface area contributed by atoms with Gasteiger partial charge in [-0.25, -0.2) is 0 Å². The van der Waals surface area contributed by atoms with Crippen molar-refractivity contribution in [2.75, 3.05) is 18.4 Å². The van der Waals surface area contributed by atoms with Crippen molar-refractivity contribution in [2.45, 2.75) is 75.7 Å². The normalized spacial score (nSPS) is 27.4. The lowest BCUT2D eigenvalue weighted by atomic mass is 9.49. The monoisotopic (exact) mass is 603 g/mol. The molecule has 1 aromatic heterocycles. The van der Waals surface area contributed by atoms with Crippen LogP contribution in [0.5, 0.6) is 11.5 Å². The Morgan fingerprint density at radius 2 is 1.87 bits per heavy atom. The van der Waals surface area contributed by atoms with E-state index in [1.807, 2.05) is 24.3 Å². The maximum Gasteiger partial charge on any atom is 0.308 e. The molecule has 2 aliphatic heterocycles. The Morgan fingerprint density at radius 3 is 2.67 bits per heavy atom. The number of ether oxygens (including phenoxy) is 2. The first kappa shape index (κ1) is 27.2. The summed E-state index contributed by atoms with van der Waals surface area (Å²) in [5.41, 5.74) is 5.48. The highest BCUT2D eigenvalue weighted by Crippen LogP contribution is 2.69. The van der Waals surface area contributed by atoms with E-state index in [9.17, 15) is 14.7 Å². The number of likely N-dealkylation sites (tertiary alicyclic amines) is 1. The third kappa shape index (κ3) is 3.72. The Bertz CT molecular complexity index is 1930. The van der Waals surface area contributed by atoms with Gasteiger partial charge in [-0.2, -0.15) is 0 Å². The number of amides is 1. The number of nitrogens with zero attached hydrogens (tertiary/aromatic N) is 2. The molecule has 4 atom stereocenters. The minimum atomic E-state index is -1.06. The molecular formula is C37H37N3O5. The first-order valence-electron chi connectivity index (χ1n) is 16.2. The van der Waals surface area contributed by atoms with E-state index >= 15 is 0 Å². The average molecular weight is 604 g/mol. The van der Waals surface area contributed by atoms with Gasteiger partial charge in [-0.15, -0.1) is 0 Å². The quantitative estimate of drug-likeness (QED) is 0.230. The zero-order chi connectivity index (χ0) is 30.7. The number of rotatable bonds is 6. The average Bonchev–Trinajstić information content (AvgIpc) is 3.68. The summed E-state index contributed by atoms with van der Waals surface area (Å²) in [5.74, 6) is 1.23. The Hall–Kier alpha value is -4.14. The van der Waals surface area contributed by atoms with Crippen LogP contribution in [0.3, 0.4) is 0 Å². The molecule has 2 N–H and O–H groups in total. The van der Waals surface area contributed by atoms with Gasteiger partial charge < -0.3 is 24.5 Å². The third-order valence-electron chi connectivity index (χ3n) is 11.2. The van der Waals surface area contributed by atoms with Gasteiger partial charge in [0.05, 0.1) is 23.3 Å². The van der Waals surface area contributed by atoms with Crippen LogP contribution in [0, 0.1) is 5.92 Å². The van der Waals surface area contributed by atoms with Crippen molar-refractivity contribution in [3.63, 3.8) is 0 Å². The van der Waals surface area contributed by atoms with E-state index < -0.39 is 23.1 Å². The predicted octanol–water partition coefficient (Wildman–Crippen LogP) is 5.27.